The van der Waals surface area contributed by atoms with Gasteiger partial charge < -0.3 is 15.7 Å². The largest absolute Gasteiger partial charge is 0.481 e. The summed E-state index contributed by atoms with van der Waals surface area (Å²) in [6.45, 7) is 0.738. The summed E-state index contributed by atoms with van der Waals surface area (Å²) < 4.78 is 0. The average molecular weight is 254 g/mol. The molecule has 2 fully saturated rings. The van der Waals surface area contributed by atoms with E-state index < -0.39 is 11.5 Å². The highest BCUT2D eigenvalue weighted by molar-refractivity contribution is 5.87. The van der Waals surface area contributed by atoms with Crippen LogP contribution in [0.3, 0.4) is 0 Å². The molecule has 2 aliphatic rings. The van der Waals surface area contributed by atoms with Crippen LogP contribution in [0, 0.1) is 0 Å². The Labute approximate surface area is 107 Å². The molecule has 1 amide bonds. The van der Waals surface area contributed by atoms with Gasteiger partial charge in [0.15, 0.2) is 0 Å². The molecule has 5 heteroatoms. The Balaban J connectivity index is 1.98. The van der Waals surface area contributed by atoms with Gasteiger partial charge in [-0.1, -0.05) is 0 Å². The normalized spacial score (nSPS) is 26.5. The maximum Gasteiger partial charge on any atom is 0.303 e. The standard InChI is InChI=1S/C13H22N2O3/c14-13(7-3-8-13)12(18)15-9-2-1-4-10(15)5-6-11(16)17/h10H,1-9,14H2,(H,16,17). The maximum absolute atomic E-state index is 12.4. The zero-order valence-corrected chi connectivity index (χ0v) is 10.7. The smallest absolute Gasteiger partial charge is 0.303 e. The number of hydrogen-bond acceptors (Lipinski definition) is 3. The van der Waals surface area contributed by atoms with E-state index in [1.807, 2.05) is 4.90 Å². The quantitative estimate of drug-likeness (QED) is 0.787. The topological polar surface area (TPSA) is 83.6 Å². The lowest BCUT2D eigenvalue weighted by atomic mass is 9.76. The van der Waals surface area contributed by atoms with E-state index >= 15 is 0 Å². The van der Waals surface area contributed by atoms with E-state index in [-0.39, 0.29) is 18.4 Å². The first-order valence-corrected chi connectivity index (χ1v) is 6.85. The zero-order chi connectivity index (χ0) is 13.2. The molecule has 102 valence electrons. The maximum atomic E-state index is 12.4. The molecule has 0 aromatic rings. The van der Waals surface area contributed by atoms with Crippen LogP contribution in [0.4, 0.5) is 0 Å². The lowest BCUT2D eigenvalue weighted by molar-refractivity contribution is -0.145. The number of aliphatic carboxylic acids is 1. The van der Waals surface area contributed by atoms with E-state index in [4.69, 9.17) is 10.8 Å². The summed E-state index contributed by atoms with van der Waals surface area (Å²) in [5.74, 6) is -0.747. The molecule has 0 aromatic carbocycles. The van der Waals surface area contributed by atoms with Gasteiger partial charge in [0.2, 0.25) is 5.91 Å². The highest BCUT2D eigenvalue weighted by atomic mass is 16.4. The van der Waals surface area contributed by atoms with Gasteiger partial charge in [-0.25, -0.2) is 0 Å². The minimum absolute atomic E-state index is 0.0452. The number of carboxylic acid groups (broad SMARTS) is 1. The van der Waals surface area contributed by atoms with Crippen LogP contribution in [0.1, 0.15) is 51.4 Å². The van der Waals surface area contributed by atoms with E-state index in [9.17, 15) is 9.59 Å². The molecule has 1 saturated carbocycles. The fourth-order valence-corrected chi connectivity index (χ4v) is 2.92. The van der Waals surface area contributed by atoms with Crippen molar-refractivity contribution in [3.8, 4) is 0 Å². The molecule has 0 aromatic heterocycles. The SMILES string of the molecule is NC1(C(=O)N2CCCCC2CCC(=O)O)CCC1. The molecule has 0 spiro atoms. The summed E-state index contributed by atoms with van der Waals surface area (Å²) in [7, 11) is 0. The van der Waals surface area contributed by atoms with Crippen LogP contribution in [0.5, 0.6) is 0 Å². The van der Waals surface area contributed by atoms with Gasteiger partial charge in [-0.05, 0) is 44.9 Å². The van der Waals surface area contributed by atoms with Crippen molar-refractivity contribution < 1.29 is 14.7 Å². The van der Waals surface area contributed by atoms with Crippen LogP contribution < -0.4 is 5.73 Å². The van der Waals surface area contributed by atoms with Gasteiger partial charge in [0.05, 0.1) is 5.54 Å². The first-order chi connectivity index (χ1) is 8.53. The van der Waals surface area contributed by atoms with Crippen molar-refractivity contribution in [3.05, 3.63) is 0 Å². The van der Waals surface area contributed by atoms with Crippen LogP contribution >= 0.6 is 0 Å². The number of likely N-dealkylation sites (tertiary alicyclic amines) is 1. The Morgan fingerprint density at radius 1 is 1.28 bits per heavy atom. The Morgan fingerprint density at radius 3 is 2.56 bits per heavy atom. The van der Waals surface area contributed by atoms with Crippen molar-refractivity contribution in [1.82, 2.24) is 4.90 Å². The fourth-order valence-electron chi connectivity index (χ4n) is 2.92. The van der Waals surface area contributed by atoms with Crippen molar-refractivity contribution in [2.75, 3.05) is 6.54 Å². The second kappa shape index (κ2) is 5.26. The van der Waals surface area contributed by atoms with E-state index in [2.05, 4.69) is 0 Å². The second-order valence-electron chi connectivity index (χ2n) is 5.59. The Bertz CT molecular complexity index is 339. The third-order valence-corrected chi connectivity index (χ3v) is 4.25. The third kappa shape index (κ3) is 2.66. The monoisotopic (exact) mass is 254 g/mol. The zero-order valence-electron chi connectivity index (χ0n) is 10.7. The molecule has 1 heterocycles. The number of hydrogen-bond donors (Lipinski definition) is 2. The molecule has 3 N–H and O–H groups in total. The first kappa shape index (κ1) is 13.3. The van der Waals surface area contributed by atoms with Gasteiger partial charge >= 0.3 is 5.97 Å². The Hall–Kier alpha value is -1.10. The summed E-state index contributed by atoms with van der Waals surface area (Å²) in [4.78, 5) is 24.9. The third-order valence-electron chi connectivity index (χ3n) is 4.25. The molecule has 1 aliphatic carbocycles. The van der Waals surface area contributed by atoms with E-state index in [1.54, 1.807) is 0 Å². The van der Waals surface area contributed by atoms with Gasteiger partial charge in [-0.2, -0.15) is 0 Å². The summed E-state index contributed by atoms with van der Waals surface area (Å²) in [5, 5.41) is 8.76. The molecule has 1 unspecified atom stereocenters. The van der Waals surface area contributed by atoms with Crippen molar-refractivity contribution in [1.29, 1.82) is 0 Å². The molecule has 2 rings (SSSR count). The van der Waals surface area contributed by atoms with Crippen molar-refractivity contribution in [3.63, 3.8) is 0 Å². The van der Waals surface area contributed by atoms with E-state index in [0.29, 0.717) is 6.42 Å². The number of carbonyl (C=O) groups excluding carboxylic acids is 1. The van der Waals surface area contributed by atoms with Gasteiger partial charge in [0.25, 0.3) is 0 Å². The second-order valence-corrected chi connectivity index (χ2v) is 5.59. The molecule has 5 nitrogen and oxygen atoms in total. The van der Waals surface area contributed by atoms with E-state index in [0.717, 1.165) is 45.1 Å². The average Bonchev–Trinajstić information content (AvgIpc) is 2.33. The van der Waals surface area contributed by atoms with Gasteiger partial charge in [0, 0.05) is 19.0 Å². The molecular formula is C13H22N2O3. The molecule has 18 heavy (non-hydrogen) atoms. The molecule has 1 aliphatic heterocycles. The fraction of sp³-hybridized carbons (Fsp3) is 0.846. The van der Waals surface area contributed by atoms with Crippen LogP contribution in [0.25, 0.3) is 0 Å². The van der Waals surface area contributed by atoms with Crippen LogP contribution in [0.15, 0.2) is 0 Å². The first-order valence-electron chi connectivity index (χ1n) is 6.85. The summed E-state index contributed by atoms with van der Waals surface area (Å²) >= 11 is 0. The van der Waals surface area contributed by atoms with Crippen molar-refractivity contribution >= 4 is 11.9 Å². The number of carbonyl (C=O) groups is 2. The molecular weight excluding hydrogens is 232 g/mol. The molecule has 1 atom stereocenters. The number of amides is 1. The number of nitrogens with two attached hydrogens (primary N) is 1. The minimum atomic E-state index is -0.793. The highest BCUT2D eigenvalue weighted by Gasteiger charge is 2.44. The lowest BCUT2D eigenvalue weighted by Gasteiger charge is -2.45. The number of piperidine rings is 1. The number of rotatable bonds is 4. The Morgan fingerprint density at radius 2 is 2.00 bits per heavy atom. The van der Waals surface area contributed by atoms with Crippen molar-refractivity contribution in [2.45, 2.75) is 62.9 Å². The highest BCUT2D eigenvalue weighted by Crippen LogP contribution is 2.33. The van der Waals surface area contributed by atoms with Crippen LogP contribution in [-0.2, 0) is 9.59 Å². The predicted octanol–water partition coefficient (Wildman–Crippen LogP) is 1.11. The van der Waals surface area contributed by atoms with E-state index in [1.165, 1.54) is 0 Å². The molecule has 0 bridgehead atoms. The summed E-state index contributed by atoms with van der Waals surface area (Å²) in [6.07, 6.45) is 6.24. The van der Waals surface area contributed by atoms with Gasteiger partial charge in [-0.3, -0.25) is 9.59 Å². The lowest BCUT2D eigenvalue weighted by Crippen LogP contribution is -2.62. The van der Waals surface area contributed by atoms with Gasteiger partial charge in [-0.15, -0.1) is 0 Å². The number of carboxylic acids is 1. The minimum Gasteiger partial charge on any atom is -0.481 e. The summed E-state index contributed by atoms with van der Waals surface area (Å²) in [5.41, 5.74) is 5.43. The van der Waals surface area contributed by atoms with Gasteiger partial charge in [0.1, 0.15) is 0 Å². The van der Waals surface area contributed by atoms with Crippen molar-refractivity contribution in [2.24, 2.45) is 5.73 Å². The summed E-state index contributed by atoms with van der Waals surface area (Å²) in [6, 6.07) is 0.0726. The molecule has 1 saturated heterocycles. The van der Waals surface area contributed by atoms with Crippen LogP contribution in [0.2, 0.25) is 0 Å². The van der Waals surface area contributed by atoms with Crippen LogP contribution in [-0.4, -0.2) is 40.0 Å². The predicted molar refractivity (Wildman–Crippen MR) is 67.0 cm³/mol. The number of nitrogens with zero attached hydrogens (tertiary/aromatic N) is 1. The molecule has 0 radical (unpaired) electrons. The Kier molecular flexibility index (Phi) is 3.90.